The molecule has 0 saturated carbocycles. The monoisotopic (exact) mass is 728 g/mol. The fourth-order valence-corrected chi connectivity index (χ4v) is 2.91. The van der Waals surface area contributed by atoms with E-state index >= 15 is 0 Å². The predicted octanol–water partition coefficient (Wildman–Crippen LogP) is 2.00. The molecular weight excluding hydrogens is 704 g/mol. The number of hydrogen-bond acceptors (Lipinski definition) is 16. The van der Waals surface area contributed by atoms with Crippen LogP contribution in [0.2, 0.25) is 0 Å². The van der Waals surface area contributed by atoms with Crippen LogP contribution in [0.4, 0.5) is 0 Å². The van der Waals surface area contributed by atoms with Crippen LogP contribution in [0.3, 0.4) is 0 Å². The average Bonchev–Trinajstić information content (AvgIpc) is 2.99. The van der Waals surface area contributed by atoms with Gasteiger partial charge in [0.05, 0.1) is 22.3 Å². The average molecular weight is 728 g/mol. The van der Waals surface area contributed by atoms with Gasteiger partial charge >= 0.3 is 23.9 Å². The molecule has 0 aliphatic rings. The summed E-state index contributed by atoms with van der Waals surface area (Å²) in [6, 6.07) is 6.76. The first-order valence-electron chi connectivity index (χ1n) is 12.0. The molecule has 0 spiro atoms. The molecule has 4 rings (SSSR count). The van der Waals surface area contributed by atoms with Crippen LogP contribution in [0, 0.1) is 0 Å². The Balaban J connectivity index is 0.000000623. The van der Waals surface area contributed by atoms with Gasteiger partial charge in [0.25, 0.3) is 0 Å². The Kier molecular flexibility index (Phi) is 15.2. The Hall–Kier alpha value is -6.93. The molecule has 0 saturated heterocycles. The number of rotatable bonds is 4. The molecule has 0 aliphatic carbocycles. The van der Waals surface area contributed by atoms with Crippen molar-refractivity contribution in [3.05, 3.63) is 70.8 Å². The molecule has 0 bridgehead atoms. The van der Waals surface area contributed by atoms with Crippen LogP contribution >= 0.6 is 0 Å². The number of carbonyl (C=O) groups is 4. The number of hydrogen-bond donors (Lipinski definition) is 16. The van der Waals surface area contributed by atoms with Gasteiger partial charge in [0, 0.05) is 21.7 Å². The van der Waals surface area contributed by atoms with E-state index in [0.717, 1.165) is 48.5 Å². The number of benzene rings is 4. The van der Waals surface area contributed by atoms with E-state index in [1.807, 2.05) is 0 Å². The second-order valence-electron chi connectivity index (χ2n) is 8.67. The van der Waals surface area contributed by atoms with Gasteiger partial charge in [-0.25, -0.2) is 19.2 Å². The van der Waals surface area contributed by atoms with E-state index in [1.54, 1.807) is 0 Å². The van der Waals surface area contributed by atoms with E-state index < -0.39 is 92.9 Å². The molecule has 21 heteroatoms. The third kappa shape index (κ3) is 11.7. The second-order valence-corrected chi connectivity index (χ2v) is 8.67. The number of aromatic hydroxyl groups is 12. The minimum Gasteiger partial charge on any atom is -0.504 e. The van der Waals surface area contributed by atoms with Crippen LogP contribution in [0.25, 0.3) is 0 Å². The second kappa shape index (κ2) is 17.7. The van der Waals surface area contributed by atoms with Crippen LogP contribution in [0.1, 0.15) is 41.4 Å². The SMILES string of the molecule is O=C(O)c1cc(O)c(O)c(O)c1.O=C(O)c1cc(O)c(O)c(O)c1.O=C(O)c1cc(O)c(O)c(O)c1.O=C(O)c1cc(O)c(O)c(O)c1.[Ti]. The van der Waals surface area contributed by atoms with Crippen molar-refractivity contribution in [1.29, 1.82) is 0 Å². The first-order chi connectivity index (χ1) is 22.1. The quantitative estimate of drug-likeness (QED) is 0.105. The molecule has 0 radical (unpaired) electrons. The summed E-state index contributed by atoms with van der Waals surface area (Å²) in [5, 5.41) is 140. The van der Waals surface area contributed by atoms with E-state index in [1.165, 1.54) is 0 Å². The summed E-state index contributed by atoms with van der Waals surface area (Å²) >= 11 is 0. The Morgan fingerprint density at radius 3 is 0.469 bits per heavy atom. The van der Waals surface area contributed by atoms with Crippen molar-refractivity contribution in [3.8, 4) is 69.0 Å². The van der Waals surface area contributed by atoms with Crippen LogP contribution in [-0.4, -0.2) is 106 Å². The van der Waals surface area contributed by atoms with E-state index in [4.69, 9.17) is 81.7 Å². The third-order valence-corrected chi connectivity index (χ3v) is 5.27. The minimum absolute atomic E-state index is 0. The van der Waals surface area contributed by atoms with Crippen molar-refractivity contribution < 1.29 is 123 Å². The standard InChI is InChI=1S/4C7H6O5.Ti/c4*8-4-1-3(7(11)12)2-5(9)6(4)10;/h4*1-2,8-10H,(H,11,12);. The first-order valence-corrected chi connectivity index (χ1v) is 12.0. The smallest absolute Gasteiger partial charge is 0.335 e. The molecule has 0 heterocycles. The predicted molar refractivity (Wildman–Crippen MR) is 154 cm³/mol. The van der Waals surface area contributed by atoms with E-state index in [9.17, 15) is 19.2 Å². The topological polar surface area (TPSA) is 392 Å². The van der Waals surface area contributed by atoms with E-state index in [-0.39, 0.29) is 44.0 Å². The summed E-state index contributed by atoms with van der Waals surface area (Å²) in [5.74, 6) is -13.3. The zero-order valence-electron chi connectivity index (χ0n) is 23.9. The molecule has 260 valence electrons. The van der Waals surface area contributed by atoms with Crippen molar-refractivity contribution in [2.75, 3.05) is 0 Å². The molecule has 4 aromatic carbocycles. The van der Waals surface area contributed by atoms with E-state index in [0.29, 0.717) is 0 Å². The molecule has 0 aliphatic heterocycles. The van der Waals surface area contributed by atoms with Crippen molar-refractivity contribution >= 4 is 23.9 Å². The molecule has 0 atom stereocenters. The molecule has 0 fully saturated rings. The third-order valence-electron chi connectivity index (χ3n) is 5.27. The zero-order chi connectivity index (χ0) is 37.2. The van der Waals surface area contributed by atoms with Crippen molar-refractivity contribution in [3.63, 3.8) is 0 Å². The normalized spacial score (nSPS) is 9.47. The molecule has 20 nitrogen and oxygen atoms in total. The summed E-state index contributed by atoms with van der Waals surface area (Å²) in [6.07, 6.45) is 0. The zero-order valence-corrected chi connectivity index (χ0v) is 25.5. The van der Waals surface area contributed by atoms with Gasteiger partial charge in [0.1, 0.15) is 0 Å². The van der Waals surface area contributed by atoms with Gasteiger partial charge in [-0.1, -0.05) is 0 Å². The molecular formula is C28H24O20Ti. The van der Waals surface area contributed by atoms with Crippen LogP contribution in [0.5, 0.6) is 69.0 Å². The van der Waals surface area contributed by atoms with Gasteiger partial charge in [0.2, 0.25) is 0 Å². The van der Waals surface area contributed by atoms with Gasteiger partial charge < -0.3 is 81.7 Å². The molecule has 4 aromatic rings. The van der Waals surface area contributed by atoms with Gasteiger partial charge in [-0.15, -0.1) is 0 Å². The summed E-state index contributed by atoms with van der Waals surface area (Å²) in [4.78, 5) is 41.3. The van der Waals surface area contributed by atoms with Crippen LogP contribution < -0.4 is 0 Å². The van der Waals surface area contributed by atoms with Crippen LogP contribution in [0.15, 0.2) is 48.5 Å². The Bertz CT molecular complexity index is 1510. The summed E-state index contributed by atoms with van der Waals surface area (Å²) in [7, 11) is 0. The van der Waals surface area contributed by atoms with Crippen molar-refractivity contribution in [2.45, 2.75) is 0 Å². The van der Waals surface area contributed by atoms with Gasteiger partial charge in [0.15, 0.2) is 69.0 Å². The van der Waals surface area contributed by atoms with Crippen molar-refractivity contribution in [1.82, 2.24) is 0 Å². The number of aromatic carboxylic acids is 4. The van der Waals surface area contributed by atoms with Crippen molar-refractivity contribution in [2.24, 2.45) is 0 Å². The molecule has 0 unspecified atom stereocenters. The number of phenols is 12. The van der Waals surface area contributed by atoms with Gasteiger partial charge in [-0.05, 0) is 48.5 Å². The molecule has 16 N–H and O–H groups in total. The maximum Gasteiger partial charge on any atom is 0.335 e. The minimum atomic E-state index is -1.29. The largest absolute Gasteiger partial charge is 0.504 e. The van der Waals surface area contributed by atoms with E-state index in [2.05, 4.69) is 0 Å². The fourth-order valence-electron chi connectivity index (χ4n) is 2.91. The summed E-state index contributed by atoms with van der Waals surface area (Å²) in [6.45, 7) is 0. The molecule has 0 amide bonds. The Morgan fingerprint density at radius 2 is 0.388 bits per heavy atom. The number of phenolic OH excluding ortho intramolecular Hbond substituents is 12. The maximum absolute atomic E-state index is 10.3. The number of carboxylic acids is 4. The molecule has 0 aromatic heterocycles. The van der Waals surface area contributed by atoms with Crippen LogP contribution in [-0.2, 0) is 21.7 Å². The first kappa shape index (κ1) is 42.1. The Labute approximate surface area is 285 Å². The van der Waals surface area contributed by atoms with Gasteiger partial charge in [-0.3, -0.25) is 0 Å². The summed E-state index contributed by atoms with van der Waals surface area (Å²) in [5.41, 5.74) is -1.16. The Morgan fingerprint density at radius 1 is 0.286 bits per heavy atom. The number of carboxylic acid groups (broad SMARTS) is 4. The summed E-state index contributed by atoms with van der Waals surface area (Å²) < 4.78 is 0. The van der Waals surface area contributed by atoms with Gasteiger partial charge in [-0.2, -0.15) is 0 Å². The maximum atomic E-state index is 10.3. The fraction of sp³-hybridized carbons (Fsp3) is 0. The molecule has 49 heavy (non-hydrogen) atoms.